The molecular formula is C26H26Cl2N4O5. The van der Waals surface area contributed by atoms with Crippen LogP contribution in [0.4, 0.5) is 0 Å². The van der Waals surface area contributed by atoms with Crippen molar-refractivity contribution in [2.75, 3.05) is 0 Å². The van der Waals surface area contributed by atoms with E-state index in [0.717, 1.165) is 30.1 Å². The van der Waals surface area contributed by atoms with E-state index < -0.39 is 11.2 Å². The van der Waals surface area contributed by atoms with Gasteiger partial charge in [0.15, 0.2) is 5.75 Å². The highest BCUT2D eigenvalue weighted by molar-refractivity contribution is 6.37. The number of ether oxygens (including phenoxy) is 1. The lowest BCUT2D eigenvalue weighted by Crippen LogP contribution is -2.46. The van der Waals surface area contributed by atoms with Gasteiger partial charge in [0.05, 0.1) is 21.3 Å². The number of benzene rings is 2. The van der Waals surface area contributed by atoms with Gasteiger partial charge in [0, 0.05) is 6.04 Å². The third-order valence-electron chi connectivity index (χ3n) is 8.47. The Hall–Kier alpha value is -3.30. The Morgan fingerprint density at radius 2 is 1.89 bits per heavy atom. The first-order chi connectivity index (χ1) is 17.4. The number of nitrogens with zero attached hydrogens (tertiary/aromatic N) is 2. The molecule has 1 heterocycles. The minimum absolute atomic E-state index is 0.0115. The van der Waals surface area contributed by atoms with E-state index in [0.29, 0.717) is 5.92 Å². The van der Waals surface area contributed by atoms with Gasteiger partial charge in [-0.25, -0.2) is 4.79 Å². The number of halogens is 2. The predicted molar refractivity (Wildman–Crippen MR) is 139 cm³/mol. The van der Waals surface area contributed by atoms with Crippen LogP contribution in [0.5, 0.6) is 17.2 Å². The zero-order valence-electron chi connectivity index (χ0n) is 20.5. The molecule has 0 saturated heterocycles. The van der Waals surface area contributed by atoms with Crippen LogP contribution in [0.2, 0.25) is 10.0 Å². The number of carbonyl (C=O) groups is 1. The van der Waals surface area contributed by atoms with Crippen molar-refractivity contribution < 1.29 is 14.6 Å². The SMILES string of the molecule is CC1(C)C2CCC1(C)[C@H](NC(=O)c1cc(Oc3c(Cl)cc(-n4ncc(=O)[nH]c4=O)cc3Cl)ccc1O)C2. The Morgan fingerprint density at radius 1 is 1.19 bits per heavy atom. The quantitative estimate of drug-likeness (QED) is 0.428. The van der Waals surface area contributed by atoms with E-state index >= 15 is 0 Å². The van der Waals surface area contributed by atoms with E-state index in [1.165, 1.54) is 30.3 Å². The van der Waals surface area contributed by atoms with Crippen molar-refractivity contribution in [3.8, 4) is 22.9 Å². The van der Waals surface area contributed by atoms with Crippen LogP contribution in [0.15, 0.2) is 46.1 Å². The second-order valence-electron chi connectivity index (χ2n) is 10.5. The van der Waals surface area contributed by atoms with Gasteiger partial charge >= 0.3 is 5.69 Å². The third kappa shape index (κ3) is 4.20. The van der Waals surface area contributed by atoms with Crippen molar-refractivity contribution in [1.82, 2.24) is 20.1 Å². The molecule has 11 heteroatoms. The predicted octanol–water partition coefficient (Wildman–Crippen LogP) is 4.67. The maximum Gasteiger partial charge on any atom is 0.349 e. The van der Waals surface area contributed by atoms with Gasteiger partial charge < -0.3 is 15.2 Å². The average Bonchev–Trinajstić information content (AvgIpc) is 3.16. The number of hydrogen-bond donors (Lipinski definition) is 3. The highest BCUT2D eigenvalue weighted by atomic mass is 35.5. The molecule has 37 heavy (non-hydrogen) atoms. The first-order valence-corrected chi connectivity index (χ1v) is 12.7. The normalized spacial score (nSPS) is 23.7. The van der Waals surface area contributed by atoms with E-state index in [1.54, 1.807) is 0 Å². The Kier molecular flexibility index (Phi) is 6.11. The maximum absolute atomic E-state index is 13.2. The number of fused-ring (bicyclic) bond motifs is 2. The number of aromatic hydroxyl groups is 1. The molecule has 3 atom stereocenters. The molecule has 0 aliphatic heterocycles. The molecular weight excluding hydrogens is 519 g/mol. The largest absolute Gasteiger partial charge is 0.507 e. The summed E-state index contributed by atoms with van der Waals surface area (Å²) < 4.78 is 6.81. The standard InChI is InChI=1S/C26H26Cl2N4O5/c1-25(2)13-6-7-26(25,3)20(8-13)30-23(35)16-11-15(4-5-19(16)33)37-22-17(27)9-14(10-18(22)28)32-24(36)31-21(34)12-29-32/h4-5,9-13,20,33H,6-8H2,1-3H3,(H,30,35)(H,31,34,36)/t13?,20-,26?/m1/s1. The first kappa shape index (κ1) is 25.4. The van der Waals surface area contributed by atoms with Gasteiger partial charge in [-0.15, -0.1) is 0 Å². The Bertz CT molecular complexity index is 1510. The van der Waals surface area contributed by atoms with Crippen molar-refractivity contribution in [2.45, 2.75) is 46.1 Å². The molecule has 2 unspecified atom stereocenters. The van der Waals surface area contributed by atoms with Crippen LogP contribution in [-0.4, -0.2) is 31.8 Å². The van der Waals surface area contributed by atoms with Crippen LogP contribution < -0.4 is 21.3 Å². The van der Waals surface area contributed by atoms with E-state index in [-0.39, 0.29) is 61.3 Å². The van der Waals surface area contributed by atoms with Gasteiger partial charge in [0.1, 0.15) is 17.7 Å². The number of phenolic OH excluding ortho intramolecular Hbond substituents is 1. The number of H-pyrrole nitrogens is 1. The Balaban J connectivity index is 1.39. The van der Waals surface area contributed by atoms with Crippen molar-refractivity contribution in [3.05, 3.63) is 73.0 Å². The summed E-state index contributed by atoms with van der Waals surface area (Å²) in [6.45, 7) is 6.77. The van der Waals surface area contributed by atoms with Crippen molar-refractivity contribution in [3.63, 3.8) is 0 Å². The molecule has 5 rings (SSSR count). The zero-order chi connectivity index (χ0) is 26.7. The summed E-state index contributed by atoms with van der Waals surface area (Å²) in [5, 5.41) is 17.5. The van der Waals surface area contributed by atoms with E-state index in [9.17, 15) is 19.5 Å². The summed E-state index contributed by atoms with van der Waals surface area (Å²) in [5.41, 5.74) is -0.972. The van der Waals surface area contributed by atoms with Crippen LogP contribution in [-0.2, 0) is 0 Å². The fourth-order valence-electron chi connectivity index (χ4n) is 5.84. The van der Waals surface area contributed by atoms with Crippen molar-refractivity contribution >= 4 is 29.1 Å². The Labute approximate surface area is 222 Å². The van der Waals surface area contributed by atoms with Crippen molar-refractivity contribution in [2.24, 2.45) is 16.7 Å². The molecule has 2 aliphatic rings. The lowest BCUT2D eigenvalue weighted by molar-refractivity contribution is 0.0823. The van der Waals surface area contributed by atoms with Crippen molar-refractivity contribution in [1.29, 1.82) is 0 Å². The highest BCUT2D eigenvalue weighted by Gasteiger charge is 2.61. The minimum Gasteiger partial charge on any atom is -0.507 e. The van der Waals surface area contributed by atoms with Gasteiger partial charge in [0.25, 0.3) is 11.5 Å². The maximum atomic E-state index is 13.2. The first-order valence-electron chi connectivity index (χ1n) is 11.9. The van der Waals surface area contributed by atoms with E-state index in [4.69, 9.17) is 27.9 Å². The summed E-state index contributed by atoms with van der Waals surface area (Å²) in [6, 6.07) is 7.11. The van der Waals surface area contributed by atoms with Crippen LogP contribution in [0, 0.1) is 16.7 Å². The molecule has 194 valence electrons. The molecule has 1 amide bonds. The van der Waals surface area contributed by atoms with Gasteiger partial charge in [-0.3, -0.25) is 14.6 Å². The molecule has 3 N–H and O–H groups in total. The highest BCUT2D eigenvalue weighted by Crippen LogP contribution is 2.65. The number of phenols is 1. The lowest BCUT2D eigenvalue weighted by atomic mass is 9.69. The minimum atomic E-state index is -0.754. The van der Waals surface area contributed by atoms with Crippen LogP contribution >= 0.6 is 23.2 Å². The molecule has 2 saturated carbocycles. The fraction of sp³-hybridized carbons (Fsp3) is 0.385. The molecule has 2 fully saturated rings. The van der Waals surface area contributed by atoms with E-state index in [1.807, 2.05) is 0 Å². The molecule has 1 aromatic heterocycles. The Morgan fingerprint density at radius 3 is 2.49 bits per heavy atom. The number of hydrogen-bond acceptors (Lipinski definition) is 6. The molecule has 2 aliphatic carbocycles. The molecule has 2 bridgehead atoms. The van der Waals surface area contributed by atoms with E-state index in [2.05, 4.69) is 36.2 Å². The smallest absolute Gasteiger partial charge is 0.349 e. The topological polar surface area (TPSA) is 126 Å². The number of amides is 1. The number of aromatic amines is 1. The molecule has 9 nitrogen and oxygen atoms in total. The summed E-state index contributed by atoms with van der Waals surface area (Å²) in [4.78, 5) is 38.7. The summed E-state index contributed by atoms with van der Waals surface area (Å²) in [6.07, 6.45) is 4.09. The number of nitrogens with one attached hydrogen (secondary N) is 2. The van der Waals surface area contributed by atoms with Crippen LogP contribution in [0.1, 0.15) is 50.4 Å². The zero-order valence-corrected chi connectivity index (χ0v) is 22.0. The van der Waals surface area contributed by atoms with Crippen LogP contribution in [0.25, 0.3) is 5.69 Å². The average molecular weight is 545 g/mol. The summed E-state index contributed by atoms with van der Waals surface area (Å²) >= 11 is 12.8. The van der Waals surface area contributed by atoms with Gasteiger partial charge in [-0.05, 0) is 66.3 Å². The second kappa shape index (κ2) is 8.92. The second-order valence-corrected chi connectivity index (χ2v) is 11.3. The van der Waals surface area contributed by atoms with Gasteiger partial charge in [-0.1, -0.05) is 44.0 Å². The fourth-order valence-corrected chi connectivity index (χ4v) is 6.39. The van der Waals surface area contributed by atoms with Crippen LogP contribution in [0.3, 0.4) is 0 Å². The third-order valence-corrected chi connectivity index (χ3v) is 9.03. The number of rotatable bonds is 5. The summed E-state index contributed by atoms with van der Waals surface area (Å²) in [7, 11) is 0. The monoisotopic (exact) mass is 544 g/mol. The lowest BCUT2D eigenvalue weighted by Gasteiger charge is -2.39. The van der Waals surface area contributed by atoms with Gasteiger partial charge in [-0.2, -0.15) is 9.78 Å². The number of aromatic nitrogens is 3. The summed E-state index contributed by atoms with van der Waals surface area (Å²) in [5.74, 6) is 0.324. The van der Waals surface area contributed by atoms with Gasteiger partial charge in [0.2, 0.25) is 0 Å². The molecule has 0 radical (unpaired) electrons. The molecule has 0 spiro atoms. The molecule has 2 aromatic carbocycles. The number of carbonyl (C=O) groups excluding carboxylic acids is 1. The molecule has 3 aromatic rings.